The van der Waals surface area contributed by atoms with Crippen LogP contribution in [-0.4, -0.2) is 45.6 Å². The van der Waals surface area contributed by atoms with Crippen LogP contribution in [-0.2, 0) is 6.54 Å². The number of pyridine rings is 1. The van der Waals surface area contributed by atoms with E-state index in [0.29, 0.717) is 0 Å². The molecule has 3 heterocycles. The molecule has 8 heteroatoms. The molecule has 1 fully saturated rings. The predicted molar refractivity (Wildman–Crippen MR) is 79.4 cm³/mol. The average Bonchev–Trinajstić information content (AvgIpc) is 2.96. The van der Waals surface area contributed by atoms with Gasteiger partial charge < -0.3 is 10.3 Å². The third-order valence-electron chi connectivity index (χ3n) is 3.41. The molecule has 3 rings (SSSR count). The molecule has 7 nitrogen and oxygen atoms in total. The molecule has 0 aliphatic carbocycles. The molecule has 0 amide bonds. The zero-order valence-corrected chi connectivity index (χ0v) is 11.9. The molecule has 0 spiro atoms. The van der Waals surface area contributed by atoms with Crippen LogP contribution in [0.4, 0.5) is 10.8 Å². The van der Waals surface area contributed by atoms with Crippen molar-refractivity contribution >= 4 is 22.4 Å². The van der Waals surface area contributed by atoms with Crippen molar-refractivity contribution < 1.29 is 0 Å². The maximum Gasteiger partial charge on any atom is 0.148 e. The summed E-state index contributed by atoms with van der Waals surface area (Å²) in [6.07, 6.45) is 1.84. The lowest BCUT2D eigenvalue weighted by molar-refractivity contribution is 0.247. The molecule has 0 radical (unpaired) electrons. The van der Waals surface area contributed by atoms with Gasteiger partial charge in [0, 0.05) is 50.5 Å². The van der Waals surface area contributed by atoms with Crippen LogP contribution in [0.15, 0.2) is 24.4 Å². The van der Waals surface area contributed by atoms with E-state index in [1.807, 2.05) is 18.3 Å². The highest BCUT2D eigenvalue weighted by molar-refractivity contribution is 7.10. The number of anilines is 2. The summed E-state index contributed by atoms with van der Waals surface area (Å²) in [5.74, 6) is 6.49. The van der Waals surface area contributed by atoms with Gasteiger partial charge in [-0.15, -0.1) is 5.10 Å². The first kappa shape index (κ1) is 13.2. The van der Waals surface area contributed by atoms with Crippen molar-refractivity contribution in [1.82, 2.24) is 19.5 Å². The van der Waals surface area contributed by atoms with Crippen LogP contribution in [0, 0.1) is 0 Å². The fourth-order valence-electron chi connectivity index (χ4n) is 2.31. The van der Waals surface area contributed by atoms with Crippen molar-refractivity contribution in [3.05, 3.63) is 30.1 Å². The zero-order valence-electron chi connectivity index (χ0n) is 11.1. The number of nitrogens with one attached hydrogen (secondary N) is 1. The summed E-state index contributed by atoms with van der Waals surface area (Å²) in [5, 5.41) is 4.96. The highest BCUT2D eigenvalue weighted by Gasteiger charge is 2.19. The van der Waals surface area contributed by atoms with E-state index >= 15 is 0 Å². The van der Waals surface area contributed by atoms with E-state index in [2.05, 4.69) is 35.9 Å². The van der Waals surface area contributed by atoms with E-state index in [9.17, 15) is 0 Å². The Labute approximate surface area is 121 Å². The SMILES string of the molecule is NNc1snnc1CN1CCN(c2ccccn2)CC1. The average molecular weight is 291 g/mol. The molecule has 2 aromatic heterocycles. The number of nitrogen functional groups attached to an aromatic ring is 1. The summed E-state index contributed by atoms with van der Waals surface area (Å²) in [5.41, 5.74) is 3.57. The molecule has 0 atom stereocenters. The van der Waals surface area contributed by atoms with Gasteiger partial charge in [-0.3, -0.25) is 4.90 Å². The Morgan fingerprint density at radius 3 is 2.80 bits per heavy atom. The fraction of sp³-hybridized carbons (Fsp3) is 0.417. The number of hydrogen-bond acceptors (Lipinski definition) is 8. The molecular formula is C12H17N7S. The maximum atomic E-state index is 5.44. The lowest BCUT2D eigenvalue weighted by atomic mass is 10.3. The topological polar surface area (TPSA) is 83.2 Å². The highest BCUT2D eigenvalue weighted by Crippen LogP contribution is 2.19. The molecule has 106 valence electrons. The normalized spacial score (nSPS) is 16.4. The molecule has 0 saturated carbocycles. The van der Waals surface area contributed by atoms with Crippen molar-refractivity contribution in [2.75, 3.05) is 36.5 Å². The van der Waals surface area contributed by atoms with Crippen LogP contribution in [0.5, 0.6) is 0 Å². The first-order valence-electron chi connectivity index (χ1n) is 6.53. The Hall–Kier alpha value is -1.77. The molecule has 0 aromatic carbocycles. The van der Waals surface area contributed by atoms with Crippen LogP contribution in [0.1, 0.15) is 5.69 Å². The van der Waals surface area contributed by atoms with E-state index in [4.69, 9.17) is 5.84 Å². The number of hydrazine groups is 1. The summed E-state index contributed by atoms with van der Waals surface area (Å²) in [6.45, 7) is 4.70. The van der Waals surface area contributed by atoms with Gasteiger partial charge in [0.1, 0.15) is 16.5 Å². The second-order valence-corrected chi connectivity index (χ2v) is 5.40. The van der Waals surface area contributed by atoms with E-state index in [-0.39, 0.29) is 0 Å². The number of nitrogens with two attached hydrogens (primary N) is 1. The number of piperazine rings is 1. The lowest BCUT2D eigenvalue weighted by Gasteiger charge is -2.35. The lowest BCUT2D eigenvalue weighted by Crippen LogP contribution is -2.46. The molecule has 20 heavy (non-hydrogen) atoms. The smallest absolute Gasteiger partial charge is 0.148 e. The number of hydrogen-bond donors (Lipinski definition) is 2. The third kappa shape index (κ3) is 2.87. The highest BCUT2D eigenvalue weighted by atomic mass is 32.1. The van der Waals surface area contributed by atoms with E-state index in [1.165, 1.54) is 11.5 Å². The third-order valence-corrected chi connectivity index (χ3v) is 4.11. The van der Waals surface area contributed by atoms with Crippen molar-refractivity contribution in [3.63, 3.8) is 0 Å². The fourth-order valence-corrected chi connectivity index (χ4v) is 2.79. The van der Waals surface area contributed by atoms with Crippen molar-refractivity contribution in [2.24, 2.45) is 5.84 Å². The minimum absolute atomic E-state index is 0.784. The van der Waals surface area contributed by atoms with Gasteiger partial charge in [-0.05, 0) is 12.1 Å². The van der Waals surface area contributed by atoms with Crippen molar-refractivity contribution in [3.8, 4) is 0 Å². The predicted octanol–water partition coefficient (Wildman–Crippen LogP) is 0.541. The monoisotopic (exact) mass is 291 g/mol. The first-order valence-corrected chi connectivity index (χ1v) is 7.30. The van der Waals surface area contributed by atoms with Crippen LogP contribution < -0.4 is 16.2 Å². The second-order valence-electron chi connectivity index (χ2n) is 4.64. The van der Waals surface area contributed by atoms with Gasteiger partial charge >= 0.3 is 0 Å². The number of nitrogens with zero attached hydrogens (tertiary/aromatic N) is 5. The largest absolute Gasteiger partial charge is 0.354 e. The van der Waals surface area contributed by atoms with Gasteiger partial charge in [0.25, 0.3) is 0 Å². The van der Waals surface area contributed by atoms with Crippen LogP contribution >= 0.6 is 11.5 Å². The standard InChI is InChI=1S/C12H17N7S/c13-15-12-10(16-17-20-12)9-18-5-7-19(8-6-18)11-3-1-2-4-14-11/h1-4,15H,5-9,13H2. The zero-order chi connectivity index (χ0) is 13.8. The number of rotatable bonds is 4. The maximum absolute atomic E-state index is 5.44. The van der Waals surface area contributed by atoms with E-state index in [1.54, 1.807) is 0 Å². The van der Waals surface area contributed by atoms with E-state index < -0.39 is 0 Å². The van der Waals surface area contributed by atoms with Crippen molar-refractivity contribution in [2.45, 2.75) is 6.54 Å². The summed E-state index contributed by atoms with van der Waals surface area (Å²) in [4.78, 5) is 9.05. The number of aromatic nitrogens is 3. The quantitative estimate of drug-likeness (QED) is 0.628. The van der Waals surface area contributed by atoms with Gasteiger partial charge in [0.05, 0.1) is 0 Å². The summed E-state index contributed by atoms with van der Waals surface area (Å²) >= 11 is 1.29. The Morgan fingerprint density at radius 2 is 2.10 bits per heavy atom. The minimum atomic E-state index is 0.784. The first-order chi connectivity index (χ1) is 9.86. The van der Waals surface area contributed by atoms with Gasteiger partial charge in [-0.25, -0.2) is 10.8 Å². The second kappa shape index (κ2) is 6.12. The Kier molecular flexibility index (Phi) is 4.05. The van der Waals surface area contributed by atoms with Crippen LogP contribution in [0.2, 0.25) is 0 Å². The Balaban J connectivity index is 1.56. The van der Waals surface area contributed by atoms with Crippen molar-refractivity contribution in [1.29, 1.82) is 0 Å². The summed E-state index contributed by atoms with van der Waals surface area (Å²) < 4.78 is 3.92. The van der Waals surface area contributed by atoms with Crippen LogP contribution in [0.3, 0.4) is 0 Å². The van der Waals surface area contributed by atoms with Gasteiger partial charge in [-0.2, -0.15) is 0 Å². The van der Waals surface area contributed by atoms with Crippen LogP contribution in [0.25, 0.3) is 0 Å². The minimum Gasteiger partial charge on any atom is -0.354 e. The molecule has 0 unspecified atom stereocenters. The summed E-state index contributed by atoms with van der Waals surface area (Å²) in [6, 6.07) is 6.02. The molecule has 1 aliphatic heterocycles. The molecule has 3 N–H and O–H groups in total. The Morgan fingerprint density at radius 1 is 1.25 bits per heavy atom. The molecule has 1 saturated heterocycles. The molecule has 1 aliphatic rings. The summed E-state index contributed by atoms with van der Waals surface area (Å²) in [7, 11) is 0. The van der Waals surface area contributed by atoms with Gasteiger partial charge in [0.2, 0.25) is 0 Å². The molecular weight excluding hydrogens is 274 g/mol. The van der Waals surface area contributed by atoms with Gasteiger partial charge in [0.15, 0.2) is 0 Å². The molecule has 2 aromatic rings. The molecule has 0 bridgehead atoms. The Bertz CT molecular complexity index is 536. The van der Waals surface area contributed by atoms with Gasteiger partial charge in [-0.1, -0.05) is 10.6 Å². The van der Waals surface area contributed by atoms with E-state index in [0.717, 1.165) is 49.2 Å².